The van der Waals surface area contributed by atoms with Gasteiger partial charge in [-0.2, -0.15) is 0 Å². The Labute approximate surface area is 303 Å². The third-order valence-corrected chi connectivity index (χ3v) is 9.07. The van der Waals surface area contributed by atoms with Gasteiger partial charge < -0.3 is 28.4 Å². The molecule has 50 heavy (non-hydrogen) atoms. The number of carbonyl (C=O) groups is 4. The van der Waals surface area contributed by atoms with E-state index in [0.717, 1.165) is 89.2 Å². The third-order valence-electron chi connectivity index (χ3n) is 9.07. The molecule has 0 N–H and O–H groups in total. The first-order valence-corrected chi connectivity index (χ1v) is 19.2. The second-order valence-corrected chi connectivity index (χ2v) is 13.5. The van der Waals surface area contributed by atoms with E-state index in [1.807, 2.05) is 13.8 Å². The Morgan fingerprint density at radius 1 is 0.460 bits per heavy atom. The second kappa shape index (κ2) is 31.1. The van der Waals surface area contributed by atoms with Gasteiger partial charge >= 0.3 is 23.9 Å². The molecule has 0 bridgehead atoms. The summed E-state index contributed by atoms with van der Waals surface area (Å²) in [6.45, 7) is 17.6. The Balaban J connectivity index is 4.47. The monoisotopic (exact) mass is 710 g/mol. The summed E-state index contributed by atoms with van der Waals surface area (Å²) in [5.41, 5.74) is -1.20. The van der Waals surface area contributed by atoms with Gasteiger partial charge in [0.1, 0.15) is 26.4 Å². The molecule has 0 aliphatic carbocycles. The summed E-state index contributed by atoms with van der Waals surface area (Å²) in [6.07, 6.45) is 18.1. The van der Waals surface area contributed by atoms with Crippen LogP contribution in [0, 0.1) is 10.8 Å². The number of hydrogen-bond acceptors (Lipinski definition) is 10. The first-order valence-electron chi connectivity index (χ1n) is 19.2. The highest BCUT2D eigenvalue weighted by Crippen LogP contribution is 2.26. The maximum atomic E-state index is 12.5. The van der Waals surface area contributed by atoms with Crippen molar-refractivity contribution in [3.8, 4) is 0 Å². The molecule has 0 aliphatic heterocycles. The van der Waals surface area contributed by atoms with Crippen molar-refractivity contribution in [2.45, 2.75) is 143 Å². The van der Waals surface area contributed by atoms with Crippen LogP contribution in [0.15, 0.2) is 25.3 Å². The van der Waals surface area contributed by atoms with Gasteiger partial charge in [-0.15, -0.1) is 0 Å². The van der Waals surface area contributed by atoms with Crippen molar-refractivity contribution in [2.24, 2.45) is 10.8 Å². The van der Waals surface area contributed by atoms with Gasteiger partial charge in [0.05, 0.1) is 24.0 Å². The lowest BCUT2D eigenvalue weighted by molar-refractivity contribution is -0.157. The fourth-order valence-electron chi connectivity index (χ4n) is 5.13. The van der Waals surface area contributed by atoms with E-state index in [2.05, 4.69) is 27.0 Å². The van der Waals surface area contributed by atoms with Gasteiger partial charge in [0.25, 0.3) is 0 Å². The van der Waals surface area contributed by atoms with E-state index >= 15 is 0 Å². The molecule has 0 saturated heterocycles. The molecule has 10 heteroatoms. The fraction of sp³-hybridized carbons (Fsp3) is 0.800. The fourth-order valence-corrected chi connectivity index (χ4v) is 5.13. The zero-order chi connectivity index (χ0) is 37.4. The SMILES string of the molecule is C=CC(=O)OCC(CC)(COCCCCCC)COC(=O)CCCCCCCCC(=O)OCC(CC)(COCCCCCC)COC(=O)C=C. The van der Waals surface area contributed by atoms with Crippen LogP contribution in [0.5, 0.6) is 0 Å². The summed E-state index contributed by atoms with van der Waals surface area (Å²) in [5, 5.41) is 0. The summed E-state index contributed by atoms with van der Waals surface area (Å²) in [4.78, 5) is 48.5. The normalized spacial score (nSPS) is 13.4. The van der Waals surface area contributed by atoms with E-state index < -0.39 is 22.8 Å². The Kier molecular flexibility index (Phi) is 29.4. The molecule has 0 spiro atoms. The van der Waals surface area contributed by atoms with E-state index in [1.165, 1.54) is 12.8 Å². The van der Waals surface area contributed by atoms with Crippen molar-refractivity contribution in [3.05, 3.63) is 25.3 Å². The molecular formula is C40H70O10. The van der Waals surface area contributed by atoms with Crippen LogP contribution in [0.1, 0.15) is 143 Å². The molecular weight excluding hydrogens is 640 g/mol. The molecule has 10 nitrogen and oxygen atoms in total. The molecule has 0 fully saturated rings. The molecule has 0 aromatic rings. The minimum absolute atomic E-state index is 0.0996. The number of rotatable bonds is 35. The van der Waals surface area contributed by atoms with Crippen LogP contribution in [-0.4, -0.2) is 76.7 Å². The Hall–Kier alpha value is -2.72. The van der Waals surface area contributed by atoms with Crippen molar-refractivity contribution >= 4 is 23.9 Å². The van der Waals surface area contributed by atoms with Crippen LogP contribution in [-0.2, 0) is 47.6 Å². The summed E-state index contributed by atoms with van der Waals surface area (Å²) >= 11 is 0. The number of esters is 4. The van der Waals surface area contributed by atoms with Gasteiger partial charge in [-0.1, -0.05) is 105 Å². The second-order valence-electron chi connectivity index (χ2n) is 13.5. The Morgan fingerprint density at radius 2 is 0.800 bits per heavy atom. The van der Waals surface area contributed by atoms with Gasteiger partial charge in [0, 0.05) is 38.2 Å². The van der Waals surface area contributed by atoms with Gasteiger partial charge in [0.2, 0.25) is 0 Å². The first-order chi connectivity index (χ1) is 24.1. The molecule has 0 aliphatic rings. The van der Waals surface area contributed by atoms with Gasteiger partial charge in [-0.05, 0) is 38.5 Å². The number of ether oxygens (including phenoxy) is 6. The predicted octanol–water partition coefficient (Wildman–Crippen LogP) is 8.64. The minimum atomic E-state index is -0.599. The number of unbranched alkanes of at least 4 members (excludes halogenated alkanes) is 11. The first kappa shape index (κ1) is 47.3. The maximum Gasteiger partial charge on any atom is 0.330 e. The smallest absolute Gasteiger partial charge is 0.330 e. The average molecular weight is 711 g/mol. The summed E-state index contributed by atoms with van der Waals surface area (Å²) < 4.78 is 33.8. The van der Waals surface area contributed by atoms with E-state index in [1.54, 1.807) is 0 Å². The van der Waals surface area contributed by atoms with Crippen molar-refractivity contribution in [1.29, 1.82) is 0 Å². The van der Waals surface area contributed by atoms with E-state index in [9.17, 15) is 19.2 Å². The van der Waals surface area contributed by atoms with Crippen LogP contribution < -0.4 is 0 Å². The van der Waals surface area contributed by atoms with E-state index in [4.69, 9.17) is 28.4 Å². The molecule has 0 rings (SSSR count). The lowest BCUT2D eigenvalue weighted by Crippen LogP contribution is -2.38. The predicted molar refractivity (Wildman–Crippen MR) is 197 cm³/mol. The van der Waals surface area contributed by atoms with Crippen LogP contribution in [0.2, 0.25) is 0 Å². The minimum Gasteiger partial charge on any atom is -0.465 e. The molecule has 0 amide bonds. The van der Waals surface area contributed by atoms with Crippen LogP contribution in [0.4, 0.5) is 0 Å². The highest BCUT2D eigenvalue weighted by Gasteiger charge is 2.33. The summed E-state index contributed by atoms with van der Waals surface area (Å²) in [7, 11) is 0. The molecule has 0 saturated carbocycles. The quantitative estimate of drug-likeness (QED) is 0.0273. The van der Waals surface area contributed by atoms with Crippen LogP contribution in [0.3, 0.4) is 0 Å². The number of carbonyl (C=O) groups excluding carboxylic acids is 4. The topological polar surface area (TPSA) is 124 Å². The zero-order valence-electron chi connectivity index (χ0n) is 32.0. The van der Waals surface area contributed by atoms with E-state index in [-0.39, 0.29) is 38.4 Å². The van der Waals surface area contributed by atoms with Crippen molar-refractivity contribution in [2.75, 3.05) is 52.9 Å². The molecule has 2 atom stereocenters. The summed E-state index contributed by atoms with van der Waals surface area (Å²) in [6, 6.07) is 0. The van der Waals surface area contributed by atoms with Gasteiger partial charge in [-0.25, -0.2) is 9.59 Å². The highest BCUT2D eigenvalue weighted by atomic mass is 16.6. The average Bonchev–Trinajstić information content (AvgIpc) is 3.13. The maximum absolute atomic E-state index is 12.5. The Morgan fingerprint density at radius 3 is 1.14 bits per heavy atom. The highest BCUT2D eigenvalue weighted by molar-refractivity contribution is 5.81. The van der Waals surface area contributed by atoms with Crippen molar-refractivity contribution in [3.63, 3.8) is 0 Å². The molecule has 0 aromatic heterocycles. The number of hydrogen-bond donors (Lipinski definition) is 0. The van der Waals surface area contributed by atoms with Crippen LogP contribution in [0.25, 0.3) is 0 Å². The third kappa shape index (κ3) is 24.4. The molecule has 0 heterocycles. The van der Waals surface area contributed by atoms with Crippen LogP contribution >= 0.6 is 0 Å². The van der Waals surface area contributed by atoms with Crippen molar-refractivity contribution in [1.82, 2.24) is 0 Å². The van der Waals surface area contributed by atoms with Crippen molar-refractivity contribution < 1.29 is 47.6 Å². The lowest BCUT2D eigenvalue weighted by Gasteiger charge is -2.31. The molecule has 0 aromatic carbocycles. The van der Waals surface area contributed by atoms with Gasteiger partial charge in [0.15, 0.2) is 0 Å². The largest absolute Gasteiger partial charge is 0.465 e. The molecule has 2 unspecified atom stereocenters. The zero-order valence-corrected chi connectivity index (χ0v) is 32.0. The summed E-state index contributed by atoms with van der Waals surface area (Å²) in [5.74, 6) is -1.56. The van der Waals surface area contributed by atoms with E-state index in [0.29, 0.717) is 52.1 Å². The Bertz CT molecular complexity index is 861. The van der Waals surface area contributed by atoms with Gasteiger partial charge in [-0.3, -0.25) is 9.59 Å². The molecule has 290 valence electrons. The standard InChI is InChI=1S/C40H70O10/c1-7-13-15-23-27-45-29-39(11-5,31-47-35(41)9-3)33-49-37(43)25-21-19-17-18-20-22-26-38(44)50-34-40(12-6,32-48-36(42)10-4)30-46-28-24-16-14-8-2/h9-10H,3-4,7-8,11-34H2,1-2,5-6H3. The molecule has 0 radical (unpaired) electrons. The lowest BCUT2D eigenvalue weighted by atomic mass is 9.88.